The summed E-state index contributed by atoms with van der Waals surface area (Å²) in [7, 11) is -4.18. The van der Waals surface area contributed by atoms with Gasteiger partial charge in [0.05, 0.1) is 12.7 Å². The van der Waals surface area contributed by atoms with Crippen LogP contribution in [0.4, 0.5) is 0 Å². The molecule has 1 fully saturated rings. The van der Waals surface area contributed by atoms with Crippen molar-refractivity contribution in [2.45, 2.75) is 63.7 Å². The molecule has 1 aromatic carbocycles. The molecule has 36 heavy (non-hydrogen) atoms. The van der Waals surface area contributed by atoms with Crippen molar-refractivity contribution in [3.63, 3.8) is 0 Å². The molecule has 1 saturated heterocycles. The van der Waals surface area contributed by atoms with Crippen molar-refractivity contribution in [3.05, 3.63) is 57.2 Å². The van der Waals surface area contributed by atoms with Gasteiger partial charge in [-0.25, -0.2) is 9.36 Å². The van der Waals surface area contributed by atoms with E-state index in [4.69, 9.17) is 42.3 Å². The lowest BCUT2D eigenvalue weighted by Gasteiger charge is -2.25. The maximum Gasteiger partial charge on any atom is 0.459 e. The topological polar surface area (TPSA) is 141 Å². The van der Waals surface area contributed by atoms with Gasteiger partial charge >= 0.3 is 19.4 Å². The summed E-state index contributed by atoms with van der Waals surface area (Å²) < 4.78 is 37.2. The van der Waals surface area contributed by atoms with Crippen LogP contribution < -0.4 is 15.3 Å². The molecule has 14 heteroatoms. The van der Waals surface area contributed by atoms with Gasteiger partial charge in [-0.3, -0.25) is 18.9 Å². The normalized spacial score (nSPS) is 24.3. The number of carbonyl (C=O) groups excluding carboxylic acids is 1. The van der Waals surface area contributed by atoms with E-state index in [-0.39, 0.29) is 16.5 Å². The molecule has 3 N–H and O–H groups in total. The Balaban J connectivity index is 1.77. The highest BCUT2D eigenvalue weighted by Gasteiger charge is 2.45. The number of carbonyl (C=O) groups is 1. The van der Waals surface area contributed by atoms with Gasteiger partial charge in [-0.15, -0.1) is 11.6 Å². The second-order valence-corrected chi connectivity index (χ2v) is 11.1. The first-order chi connectivity index (χ1) is 16.9. The summed E-state index contributed by atoms with van der Waals surface area (Å²) in [6, 6.07) is 7.18. The van der Waals surface area contributed by atoms with Crippen molar-refractivity contribution in [1.29, 1.82) is 0 Å². The number of hydrogen-bond acceptors (Lipinski definition) is 9. The first kappa shape index (κ1) is 28.5. The highest BCUT2D eigenvalue weighted by atomic mass is 35.5. The molecule has 0 amide bonds. The standard InChI is InChI=1S/C22H29ClN3O8PS/c1-12(2)32-21(28)14(4)25-35(30,34-15-8-6-5-7-9-15)31-11-16-18(27)17(23)20(33-16)26-10-13(3)19(36)24-22(26)29/h5-10,12,14,16-18,20,27H,11H2,1-4H3,(H,25,30)(H,24,29,36)/t14-,16?,17?,18+,20-,35?/m0/s1. The summed E-state index contributed by atoms with van der Waals surface area (Å²) in [4.78, 5) is 27.2. The second-order valence-electron chi connectivity index (χ2n) is 8.51. The van der Waals surface area contributed by atoms with Crippen LogP contribution in [0.15, 0.2) is 41.3 Å². The Morgan fingerprint density at radius 2 is 2.00 bits per heavy atom. The lowest BCUT2D eigenvalue weighted by molar-refractivity contribution is -0.149. The van der Waals surface area contributed by atoms with Gasteiger partial charge in [0.1, 0.15) is 34.0 Å². The van der Waals surface area contributed by atoms with Crippen LogP contribution in [-0.2, 0) is 23.4 Å². The fraction of sp³-hybridized carbons (Fsp3) is 0.500. The number of hydrogen-bond donors (Lipinski definition) is 3. The number of aryl methyl sites for hydroxylation is 1. The minimum absolute atomic E-state index is 0.223. The number of ether oxygens (including phenoxy) is 2. The zero-order valence-corrected chi connectivity index (χ0v) is 22.6. The van der Waals surface area contributed by atoms with Crippen LogP contribution in [0.1, 0.15) is 32.6 Å². The Morgan fingerprint density at radius 3 is 2.64 bits per heavy atom. The molecular weight excluding hydrogens is 533 g/mol. The molecule has 0 spiro atoms. The van der Waals surface area contributed by atoms with Gasteiger partial charge in [-0.2, -0.15) is 5.09 Å². The summed E-state index contributed by atoms with van der Waals surface area (Å²) in [6.45, 7) is 6.10. The van der Waals surface area contributed by atoms with Crippen LogP contribution in [0.5, 0.6) is 5.75 Å². The van der Waals surface area contributed by atoms with E-state index >= 15 is 0 Å². The van der Waals surface area contributed by atoms with Crippen molar-refractivity contribution >= 4 is 37.5 Å². The maximum atomic E-state index is 13.6. The number of halogens is 1. The summed E-state index contributed by atoms with van der Waals surface area (Å²) in [5.74, 6) is -0.431. The predicted octanol–water partition coefficient (Wildman–Crippen LogP) is 3.21. The highest BCUT2D eigenvalue weighted by molar-refractivity contribution is 7.71. The third kappa shape index (κ3) is 7.04. The number of aromatic nitrogens is 2. The molecule has 2 aromatic rings. The first-order valence-electron chi connectivity index (χ1n) is 11.2. The van der Waals surface area contributed by atoms with Crippen molar-refractivity contribution in [1.82, 2.24) is 14.6 Å². The van der Waals surface area contributed by atoms with E-state index in [1.165, 1.54) is 17.7 Å². The van der Waals surface area contributed by atoms with Gasteiger partial charge in [0.25, 0.3) is 0 Å². The Kier molecular flexibility index (Phi) is 9.50. The van der Waals surface area contributed by atoms with Crippen LogP contribution in [0.2, 0.25) is 0 Å². The van der Waals surface area contributed by atoms with Crippen molar-refractivity contribution in [2.75, 3.05) is 6.61 Å². The van der Waals surface area contributed by atoms with E-state index < -0.39 is 55.9 Å². The van der Waals surface area contributed by atoms with Gasteiger partial charge in [0, 0.05) is 11.8 Å². The van der Waals surface area contributed by atoms with E-state index in [1.807, 2.05) is 0 Å². The van der Waals surface area contributed by atoms with Crippen LogP contribution >= 0.6 is 31.6 Å². The SMILES string of the molecule is Cc1cn([C@H]2OC(COP(=O)(N[C@@H](C)C(=O)OC(C)C)Oc3ccccc3)[C@@H](O)C2Cl)c(=O)[nH]c1=S. The monoisotopic (exact) mass is 561 g/mol. The number of benzene rings is 1. The molecule has 2 heterocycles. The summed E-state index contributed by atoms with van der Waals surface area (Å²) >= 11 is 11.4. The second kappa shape index (κ2) is 12.0. The minimum Gasteiger partial charge on any atom is -0.462 e. The molecule has 1 aliphatic heterocycles. The van der Waals surface area contributed by atoms with Gasteiger partial charge in [0.2, 0.25) is 0 Å². The number of para-hydroxylation sites is 1. The Hall–Kier alpha value is -2.05. The number of nitrogens with zero attached hydrogens (tertiary/aromatic N) is 1. The summed E-state index contributed by atoms with van der Waals surface area (Å²) in [5.41, 5.74) is 0.0470. The third-order valence-electron chi connectivity index (χ3n) is 5.15. The van der Waals surface area contributed by atoms with Crippen LogP contribution in [0.3, 0.4) is 0 Å². The molecule has 0 aliphatic carbocycles. The lowest BCUT2D eigenvalue weighted by atomic mass is 10.2. The molecule has 1 aromatic heterocycles. The first-order valence-corrected chi connectivity index (χ1v) is 13.6. The van der Waals surface area contributed by atoms with E-state index in [0.29, 0.717) is 5.56 Å². The number of aromatic amines is 1. The molecular formula is C22H29ClN3O8PS. The fourth-order valence-electron chi connectivity index (χ4n) is 3.35. The number of rotatable bonds is 10. The average molecular weight is 562 g/mol. The molecule has 3 unspecified atom stereocenters. The number of aliphatic hydroxyl groups excluding tert-OH is 1. The minimum atomic E-state index is -4.18. The van der Waals surface area contributed by atoms with Crippen molar-refractivity contribution in [3.8, 4) is 5.75 Å². The van der Waals surface area contributed by atoms with Gasteiger partial charge in [0.15, 0.2) is 6.23 Å². The van der Waals surface area contributed by atoms with Crippen molar-refractivity contribution < 1.29 is 33.0 Å². The molecule has 3 rings (SSSR count). The van der Waals surface area contributed by atoms with E-state index in [9.17, 15) is 19.3 Å². The number of aliphatic hydroxyl groups is 1. The van der Waals surface area contributed by atoms with Gasteiger partial charge < -0.3 is 19.1 Å². The van der Waals surface area contributed by atoms with Crippen LogP contribution in [0, 0.1) is 11.6 Å². The van der Waals surface area contributed by atoms with Crippen molar-refractivity contribution in [2.24, 2.45) is 0 Å². The smallest absolute Gasteiger partial charge is 0.459 e. The summed E-state index contributed by atoms with van der Waals surface area (Å²) in [6.07, 6.45) is -2.29. The van der Waals surface area contributed by atoms with Gasteiger partial charge in [-0.05, 0) is 39.8 Å². The van der Waals surface area contributed by atoms with E-state index in [2.05, 4.69) is 10.1 Å². The average Bonchev–Trinajstić information content (AvgIpc) is 3.08. The zero-order chi connectivity index (χ0) is 26.6. The number of esters is 1. The number of H-pyrrole nitrogens is 1. The molecule has 11 nitrogen and oxygen atoms in total. The molecule has 1 aliphatic rings. The Labute approximate surface area is 218 Å². The van der Waals surface area contributed by atoms with Crippen LogP contribution in [-0.4, -0.2) is 57.0 Å². The lowest BCUT2D eigenvalue weighted by Crippen LogP contribution is -2.37. The van der Waals surface area contributed by atoms with E-state index in [1.54, 1.807) is 51.1 Å². The summed E-state index contributed by atoms with van der Waals surface area (Å²) in [5, 5.41) is 12.2. The molecule has 6 atom stereocenters. The number of nitrogens with one attached hydrogen (secondary N) is 2. The molecule has 198 valence electrons. The third-order valence-corrected chi connectivity index (χ3v) is 7.69. The molecule has 0 bridgehead atoms. The van der Waals surface area contributed by atoms with Gasteiger partial charge in [-0.1, -0.05) is 30.4 Å². The Bertz CT molecular complexity index is 1220. The predicted molar refractivity (Wildman–Crippen MR) is 135 cm³/mol. The Morgan fingerprint density at radius 1 is 1.33 bits per heavy atom. The van der Waals surface area contributed by atoms with Crippen LogP contribution in [0.25, 0.3) is 0 Å². The highest BCUT2D eigenvalue weighted by Crippen LogP contribution is 2.46. The maximum absolute atomic E-state index is 13.6. The zero-order valence-electron chi connectivity index (χ0n) is 20.1. The fourth-order valence-corrected chi connectivity index (χ4v) is 5.33. The molecule has 0 saturated carbocycles. The van der Waals surface area contributed by atoms with E-state index in [0.717, 1.165) is 0 Å². The quantitative estimate of drug-likeness (QED) is 0.171. The molecule has 0 radical (unpaired) electrons. The number of alkyl halides is 1. The largest absolute Gasteiger partial charge is 0.462 e.